The molecule has 0 aliphatic carbocycles. The number of hydrazine groups is 1. The van der Waals surface area contributed by atoms with E-state index in [4.69, 9.17) is 36.0 Å². The number of hydrogen-bond donors (Lipinski definition) is 4. The molecule has 4 N–H and O–H groups in total. The number of rotatable bonds is 2. The smallest absolute Gasteiger partial charge is 0.189 e. The van der Waals surface area contributed by atoms with E-state index < -0.39 is 0 Å². The Morgan fingerprint density at radius 3 is 2.12 bits per heavy atom. The van der Waals surface area contributed by atoms with Gasteiger partial charge in [0.1, 0.15) is 0 Å². The number of thiocarbonyl (C=S) groups is 2. The lowest BCUT2D eigenvalue weighted by molar-refractivity contribution is 0.885. The molecule has 0 bridgehead atoms. The molecule has 0 saturated heterocycles. The van der Waals surface area contributed by atoms with E-state index in [9.17, 15) is 0 Å². The minimum Gasteiger partial charge on any atom is -0.331 e. The van der Waals surface area contributed by atoms with Crippen molar-refractivity contribution in [1.82, 2.24) is 10.9 Å². The van der Waals surface area contributed by atoms with Gasteiger partial charge >= 0.3 is 0 Å². The summed E-state index contributed by atoms with van der Waals surface area (Å²) in [5, 5.41) is 7.65. The van der Waals surface area contributed by atoms with E-state index in [-0.39, 0.29) is 0 Å². The summed E-state index contributed by atoms with van der Waals surface area (Å²) in [5.41, 5.74) is 10.8. The lowest BCUT2D eigenvalue weighted by Crippen LogP contribution is -2.45. The molecule has 0 amide bonds. The van der Waals surface area contributed by atoms with E-state index in [2.05, 4.69) is 34.5 Å². The molecule has 0 spiro atoms. The van der Waals surface area contributed by atoms with Gasteiger partial charge in [0.15, 0.2) is 10.2 Å². The lowest BCUT2D eigenvalue weighted by Gasteiger charge is -2.16. The molecule has 2 rings (SSSR count). The summed E-state index contributed by atoms with van der Waals surface area (Å²) in [6.07, 6.45) is 0. The molecule has 4 nitrogen and oxygen atoms in total. The first kappa shape index (κ1) is 18.4. The van der Waals surface area contributed by atoms with Crippen LogP contribution in [0.3, 0.4) is 0 Å². The summed E-state index contributed by atoms with van der Waals surface area (Å²) >= 11 is 16.6. The van der Waals surface area contributed by atoms with Gasteiger partial charge in [0.25, 0.3) is 0 Å². The molecule has 0 heterocycles. The van der Waals surface area contributed by atoms with Gasteiger partial charge in [-0.05, 0) is 74.5 Å². The summed E-state index contributed by atoms with van der Waals surface area (Å²) in [5.74, 6) is 0. The maximum Gasteiger partial charge on any atom is 0.189 e. The zero-order valence-electron chi connectivity index (χ0n) is 13.7. The number of halogens is 1. The third-order valence-corrected chi connectivity index (χ3v) is 4.16. The Morgan fingerprint density at radius 2 is 1.50 bits per heavy atom. The topological polar surface area (TPSA) is 48.1 Å². The third kappa shape index (κ3) is 5.33. The Hall–Kier alpha value is -1.89. The van der Waals surface area contributed by atoms with Crippen LogP contribution in [-0.4, -0.2) is 10.2 Å². The monoisotopic (exact) mass is 378 g/mol. The fraction of sp³-hybridized carbons (Fsp3) is 0.176. The van der Waals surface area contributed by atoms with Crippen molar-refractivity contribution in [2.24, 2.45) is 0 Å². The molecule has 24 heavy (non-hydrogen) atoms. The van der Waals surface area contributed by atoms with Gasteiger partial charge < -0.3 is 10.6 Å². The molecule has 2 aromatic carbocycles. The average molecular weight is 379 g/mol. The first-order valence-corrected chi connectivity index (χ1v) is 8.52. The van der Waals surface area contributed by atoms with Crippen molar-refractivity contribution in [2.75, 3.05) is 10.6 Å². The Morgan fingerprint density at radius 1 is 0.833 bits per heavy atom. The standard InChI is InChI=1S/C17H19ClN4S2/c1-10-4-7-15(12(3)8-10)20-17(24)22-21-16(23)19-13-6-5-11(2)14(18)9-13/h4-9H,1-3H3,(H2,19,21,23)(H2,20,22,24). The van der Waals surface area contributed by atoms with Crippen LogP contribution in [0.15, 0.2) is 36.4 Å². The molecule has 0 fully saturated rings. The van der Waals surface area contributed by atoms with E-state index in [1.807, 2.05) is 44.2 Å². The molecule has 0 saturated carbocycles. The average Bonchev–Trinajstić information content (AvgIpc) is 2.52. The van der Waals surface area contributed by atoms with Gasteiger partial charge in [0.2, 0.25) is 0 Å². The van der Waals surface area contributed by atoms with Crippen LogP contribution in [0.1, 0.15) is 16.7 Å². The molecule has 126 valence electrons. The molecule has 0 radical (unpaired) electrons. The predicted molar refractivity (Wildman–Crippen MR) is 111 cm³/mol. The largest absolute Gasteiger partial charge is 0.331 e. The van der Waals surface area contributed by atoms with E-state index in [1.165, 1.54) is 5.56 Å². The molecular weight excluding hydrogens is 360 g/mol. The number of aryl methyl sites for hydroxylation is 3. The van der Waals surface area contributed by atoms with Crippen molar-refractivity contribution in [3.8, 4) is 0 Å². The van der Waals surface area contributed by atoms with Gasteiger partial charge in [-0.25, -0.2) is 0 Å². The van der Waals surface area contributed by atoms with Gasteiger partial charge in [-0.1, -0.05) is 35.4 Å². The highest BCUT2D eigenvalue weighted by Gasteiger charge is 2.03. The van der Waals surface area contributed by atoms with Gasteiger partial charge in [0, 0.05) is 16.4 Å². The first-order chi connectivity index (χ1) is 11.3. The van der Waals surface area contributed by atoms with Crippen LogP contribution in [0.2, 0.25) is 5.02 Å². The molecule has 0 unspecified atom stereocenters. The van der Waals surface area contributed by atoms with Crippen LogP contribution in [0, 0.1) is 20.8 Å². The zero-order valence-corrected chi connectivity index (χ0v) is 16.0. The van der Waals surface area contributed by atoms with Crippen molar-refractivity contribution in [3.63, 3.8) is 0 Å². The van der Waals surface area contributed by atoms with Crippen molar-refractivity contribution in [2.45, 2.75) is 20.8 Å². The van der Waals surface area contributed by atoms with Crippen molar-refractivity contribution in [1.29, 1.82) is 0 Å². The summed E-state index contributed by atoms with van der Waals surface area (Å²) in [6.45, 7) is 6.02. The summed E-state index contributed by atoms with van der Waals surface area (Å²) < 4.78 is 0. The highest BCUT2D eigenvalue weighted by atomic mass is 35.5. The van der Waals surface area contributed by atoms with Crippen LogP contribution in [0.4, 0.5) is 11.4 Å². The fourth-order valence-corrected chi connectivity index (χ4v) is 2.56. The van der Waals surface area contributed by atoms with Crippen LogP contribution in [-0.2, 0) is 0 Å². The zero-order chi connectivity index (χ0) is 17.7. The highest BCUT2D eigenvalue weighted by molar-refractivity contribution is 7.81. The molecule has 2 aromatic rings. The van der Waals surface area contributed by atoms with Crippen LogP contribution in [0.25, 0.3) is 0 Å². The Balaban J connectivity index is 1.84. The van der Waals surface area contributed by atoms with E-state index in [1.54, 1.807) is 0 Å². The number of hydrogen-bond acceptors (Lipinski definition) is 2. The summed E-state index contributed by atoms with van der Waals surface area (Å²) in [7, 11) is 0. The SMILES string of the molecule is Cc1ccc(NC(=S)NNC(=S)Nc2ccc(C)c(Cl)c2)c(C)c1. The maximum atomic E-state index is 6.09. The van der Waals surface area contributed by atoms with Gasteiger partial charge in [0.05, 0.1) is 0 Å². The third-order valence-electron chi connectivity index (χ3n) is 3.35. The second-order valence-corrected chi connectivity index (χ2v) is 6.66. The van der Waals surface area contributed by atoms with Crippen LogP contribution in [0.5, 0.6) is 0 Å². The minimum atomic E-state index is 0.389. The summed E-state index contributed by atoms with van der Waals surface area (Å²) in [6, 6.07) is 11.7. The van der Waals surface area contributed by atoms with Gasteiger partial charge in [-0.3, -0.25) is 10.9 Å². The van der Waals surface area contributed by atoms with Crippen molar-refractivity contribution < 1.29 is 0 Å². The van der Waals surface area contributed by atoms with E-state index >= 15 is 0 Å². The quantitative estimate of drug-likeness (QED) is 0.457. The number of anilines is 2. The molecule has 7 heteroatoms. The first-order valence-electron chi connectivity index (χ1n) is 7.32. The Kier molecular flexibility index (Phi) is 6.36. The van der Waals surface area contributed by atoms with E-state index in [0.717, 1.165) is 22.5 Å². The maximum absolute atomic E-state index is 6.09. The normalized spacial score (nSPS) is 10.0. The molecule has 0 aliphatic rings. The minimum absolute atomic E-state index is 0.389. The molecule has 0 aliphatic heterocycles. The molecule has 0 atom stereocenters. The van der Waals surface area contributed by atoms with Crippen LogP contribution >= 0.6 is 36.0 Å². The van der Waals surface area contributed by atoms with Gasteiger partial charge in [-0.2, -0.15) is 0 Å². The van der Waals surface area contributed by atoms with E-state index in [0.29, 0.717) is 15.2 Å². The number of nitrogens with one attached hydrogen (secondary N) is 4. The molecular formula is C17H19ClN4S2. The highest BCUT2D eigenvalue weighted by Crippen LogP contribution is 2.19. The Labute approximate surface area is 158 Å². The van der Waals surface area contributed by atoms with Crippen LogP contribution < -0.4 is 21.5 Å². The fourth-order valence-electron chi connectivity index (χ4n) is 2.05. The second-order valence-electron chi connectivity index (χ2n) is 5.44. The Bertz CT molecular complexity index is 777. The predicted octanol–water partition coefficient (Wildman–Crippen LogP) is 4.45. The van der Waals surface area contributed by atoms with Crippen molar-refractivity contribution in [3.05, 3.63) is 58.1 Å². The number of benzene rings is 2. The van der Waals surface area contributed by atoms with Gasteiger partial charge in [-0.15, -0.1) is 0 Å². The van der Waals surface area contributed by atoms with Crippen molar-refractivity contribution >= 4 is 57.6 Å². The molecule has 0 aromatic heterocycles. The summed E-state index contributed by atoms with van der Waals surface area (Å²) in [4.78, 5) is 0. The second kappa shape index (κ2) is 8.28. The lowest BCUT2D eigenvalue weighted by atomic mass is 10.1.